The molecule has 24 heavy (non-hydrogen) atoms. The van der Waals surface area contributed by atoms with E-state index in [0.29, 0.717) is 17.9 Å². The number of carbonyl (C=O) groups is 2. The molecule has 1 aromatic carbocycles. The molecule has 0 saturated carbocycles. The number of rotatable bonds is 3. The van der Waals surface area contributed by atoms with Crippen LogP contribution >= 0.6 is 0 Å². The topological polar surface area (TPSA) is 79.5 Å². The predicted molar refractivity (Wildman–Crippen MR) is 87.4 cm³/mol. The molecule has 1 fully saturated rings. The first-order chi connectivity index (χ1) is 11.5. The minimum absolute atomic E-state index is 0.0681. The van der Waals surface area contributed by atoms with E-state index in [0.717, 1.165) is 11.3 Å². The molecule has 0 N–H and O–H groups in total. The van der Waals surface area contributed by atoms with Gasteiger partial charge in [0.2, 0.25) is 11.8 Å². The normalized spacial score (nSPS) is 18.1. The van der Waals surface area contributed by atoms with Gasteiger partial charge in [-0.15, -0.1) is 0 Å². The molecular weight excluding hydrogens is 308 g/mol. The van der Waals surface area contributed by atoms with Gasteiger partial charge >= 0.3 is 0 Å². The first kappa shape index (κ1) is 16.2. The third-order valence-electron chi connectivity index (χ3n) is 4.38. The van der Waals surface area contributed by atoms with E-state index in [1.54, 1.807) is 16.7 Å². The average molecular weight is 328 g/mol. The Morgan fingerprint density at radius 1 is 1.29 bits per heavy atom. The Bertz CT molecular complexity index is 771. The summed E-state index contributed by atoms with van der Waals surface area (Å²) in [7, 11) is 0. The Hall–Kier alpha value is -2.70. The summed E-state index contributed by atoms with van der Waals surface area (Å²) in [6.45, 7) is 6.21. The van der Waals surface area contributed by atoms with Crippen LogP contribution in [0.2, 0.25) is 0 Å². The number of carbonyl (C=O) groups excluding carboxylic acids is 2. The largest absolute Gasteiger partial charge is 0.329 e. The molecule has 2 amide bonds. The number of nitrogens with zero attached hydrogens (tertiary/aromatic N) is 4. The van der Waals surface area contributed by atoms with Crippen molar-refractivity contribution >= 4 is 17.5 Å². The Labute approximate surface area is 140 Å². The maximum Gasteiger partial charge on any atom is 0.246 e. The molecule has 0 spiro atoms. The minimum Gasteiger partial charge on any atom is -0.329 e. The number of piperazine rings is 1. The number of hydrogen-bond acceptors (Lipinski definition) is 5. The Morgan fingerprint density at radius 2 is 2.04 bits per heavy atom. The van der Waals surface area contributed by atoms with E-state index in [4.69, 9.17) is 0 Å². The number of anilines is 1. The number of aromatic nitrogens is 2. The van der Waals surface area contributed by atoms with Gasteiger partial charge < -0.3 is 9.80 Å². The van der Waals surface area contributed by atoms with Crippen LogP contribution in [0.25, 0.3) is 0 Å². The SMILES string of the molecule is Cc1ccccc1N1CC(C)N(C(=O)Cc2nonc2C)CC1=O. The summed E-state index contributed by atoms with van der Waals surface area (Å²) in [4.78, 5) is 28.5. The van der Waals surface area contributed by atoms with Gasteiger partial charge in [0.1, 0.15) is 17.9 Å². The highest BCUT2D eigenvalue weighted by Gasteiger charge is 2.34. The van der Waals surface area contributed by atoms with E-state index >= 15 is 0 Å². The van der Waals surface area contributed by atoms with Crippen LogP contribution in [-0.2, 0) is 16.0 Å². The molecule has 126 valence electrons. The third kappa shape index (κ3) is 3.02. The fraction of sp³-hybridized carbons (Fsp3) is 0.412. The standard InChI is InChI=1S/C17H20N4O3/c1-11-6-4-5-7-15(11)21-9-12(2)20(10-17(21)23)16(22)8-14-13(3)18-24-19-14/h4-7,12H,8-10H2,1-3H3. The molecule has 1 aliphatic heterocycles. The molecule has 7 nitrogen and oxygen atoms in total. The molecule has 2 aromatic rings. The van der Waals surface area contributed by atoms with Crippen LogP contribution in [-0.4, -0.2) is 46.2 Å². The molecule has 1 unspecified atom stereocenters. The Morgan fingerprint density at radius 3 is 2.71 bits per heavy atom. The van der Waals surface area contributed by atoms with Crippen molar-refractivity contribution in [1.29, 1.82) is 0 Å². The van der Waals surface area contributed by atoms with Gasteiger partial charge in [-0.25, -0.2) is 4.63 Å². The lowest BCUT2D eigenvalue weighted by Crippen LogP contribution is -2.57. The van der Waals surface area contributed by atoms with Crippen molar-refractivity contribution in [3.63, 3.8) is 0 Å². The average Bonchev–Trinajstić information content (AvgIpc) is 2.95. The van der Waals surface area contributed by atoms with Gasteiger partial charge in [0.25, 0.3) is 0 Å². The lowest BCUT2D eigenvalue weighted by atomic mass is 10.1. The van der Waals surface area contributed by atoms with Crippen molar-refractivity contribution in [1.82, 2.24) is 15.2 Å². The molecule has 1 atom stereocenters. The summed E-state index contributed by atoms with van der Waals surface area (Å²) in [6, 6.07) is 7.70. The molecule has 3 rings (SSSR count). The van der Waals surface area contributed by atoms with Crippen molar-refractivity contribution < 1.29 is 14.2 Å². The van der Waals surface area contributed by atoms with Crippen molar-refractivity contribution in [2.45, 2.75) is 33.2 Å². The lowest BCUT2D eigenvalue weighted by molar-refractivity contribution is -0.138. The zero-order valence-electron chi connectivity index (χ0n) is 14.0. The van der Waals surface area contributed by atoms with Crippen LogP contribution in [0, 0.1) is 13.8 Å². The predicted octanol–water partition coefficient (Wildman–Crippen LogP) is 1.49. The van der Waals surface area contributed by atoms with E-state index in [2.05, 4.69) is 14.9 Å². The van der Waals surface area contributed by atoms with E-state index in [-0.39, 0.29) is 30.8 Å². The lowest BCUT2D eigenvalue weighted by Gasteiger charge is -2.39. The summed E-state index contributed by atoms with van der Waals surface area (Å²) in [5, 5.41) is 7.42. The summed E-state index contributed by atoms with van der Waals surface area (Å²) >= 11 is 0. The van der Waals surface area contributed by atoms with Crippen molar-refractivity contribution in [3.8, 4) is 0 Å². The van der Waals surface area contributed by atoms with Crippen LogP contribution in [0.4, 0.5) is 5.69 Å². The van der Waals surface area contributed by atoms with Gasteiger partial charge in [-0.1, -0.05) is 28.5 Å². The number of benzene rings is 1. The number of hydrogen-bond donors (Lipinski definition) is 0. The van der Waals surface area contributed by atoms with Crippen molar-refractivity contribution in [2.24, 2.45) is 0 Å². The zero-order chi connectivity index (χ0) is 17.3. The Balaban J connectivity index is 1.74. The van der Waals surface area contributed by atoms with Crippen LogP contribution in [0.5, 0.6) is 0 Å². The summed E-state index contributed by atoms with van der Waals surface area (Å²) in [6.07, 6.45) is 0.0946. The van der Waals surface area contributed by atoms with E-state index < -0.39 is 0 Å². The molecule has 0 aliphatic carbocycles. The van der Waals surface area contributed by atoms with Crippen molar-refractivity contribution in [3.05, 3.63) is 41.2 Å². The van der Waals surface area contributed by atoms with Crippen LogP contribution in [0.1, 0.15) is 23.9 Å². The van der Waals surface area contributed by atoms with Crippen LogP contribution < -0.4 is 4.90 Å². The second-order valence-electron chi connectivity index (χ2n) is 6.13. The number of amides is 2. The molecule has 1 aliphatic rings. The maximum absolute atomic E-state index is 12.6. The molecule has 0 bridgehead atoms. The van der Waals surface area contributed by atoms with Gasteiger partial charge in [0.15, 0.2) is 0 Å². The number of para-hydroxylation sites is 1. The van der Waals surface area contributed by atoms with Gasteiger partial charge in [-0.05, 0) is 32.4 Å². The van der Waals surface area contributed by atoms with Gasteiger partial charge in [-0.2, -0.15) is 0 Å². The highest BCUT2D eigenvalue weighted by Crippen LogP contribution is 2.24. The fourth-order valence-corrected chi connectivity index (χ4v) is 2.94. The van der Waals surface area contributed by atoms with E-state index in [1.807, 2.05) is 38.1 Å². The van der Waals surface area contributed by atoms with Gasteiger partial charge in [0.05, 0.1) is 6.42 Å². The molecule has 2 heterocycles. The monoisotopic (exact) mass is 328 g/mol. The summed E-state index contributed by atoms with van der Waals surface area (Å²) < 4.78 is 4.62. The van der Waals surface area contributed by atoms with Crippen molar-refractivity contribution in [2.75, 3.05) is 18.0 Å². The second-order valence-corrected chi connectivity index (χ2v) is 6.13. The highest BCUT2D eigenvalue weighted by atomic mass is 16.6. The van der Waals surface area contributed by atoms with Gasteiger partial charge in [0, 0.05) is 18.3 Å². The number of aryl methyl sites for hydroxylation is 2. The Kier molecular flexibility index (Phi) is 4.33. The summed E-state index contributed by atoms with van der Waals surface area (Å²) in [5.74, 6) is -0.218. The molecule has 7 heteroatoms. The second kappa shape index (κ2) is 6.43. The summed E-state index contributed by atoms with van der Waals surface area (Å²) in [5.41, 5.74) is 3.06. The molecule has 1 aromatic heterocycles. The molecule has 1 saturated heterocycles. The minimum atomic E-state index is -0.140. The third-order valence-corrected chi connectivity index (χ3v) is 4.38. The first-order valence-corrected chi connectivity index (χ1v) is 7.91. The quantitative estimate of drug-likeness (QED) is 0.853. The van der Waals surface area contributed by atoms with E-state index in [9.17, 15) is 9.59 Å². The fourth-order valence-electron chi connectivity index (χ4n) is 2.94. The zero-order valence-corrected chi connectivity index (χ0v) is 14.0. The molecule has 0 radical (unpaired) electrons. The maximum atomic E-state index is 12.6. The highest BCUT2D eigenvalue weighted by molar-refractivity contribution is 5.98. The smallest absolute Gasteiger partial charge is 0.246 e. The van der Waals surface area contributed by atoms with Gasteiger partial charge in [-0.3, -0.25) is 9.59 Å². The molecular formula is C17H20N4O3. The van der Waals surface area contributed by atoms with E-state index in [1.165, 1.54) is 0 Å². The van der Waals surface area contributed by atoms with Crippen LogP contribution in [0.3, 0.4) is 0 Å². The van der Waals surface area contributed by atoms with Crippen LogP contribution in [0.15, 0.2) is 28.9 Å². The first-order valence-electron chi connectivity index (χ1n) is 7.91.